The monoisotopic (exact) mass is 372 g/mol. The van der Waals surface area contributed by atoms with Crippen LogP contribution in [0.4, 0.5) is 0 Å². The van der Waals surface area contributed by atoms with E-state index >= 15 is 0 Å². The first-order valence-corrected chi connectivity index (χ1v) is 8.30. The molecule has 0 bridgehead atoms. The number of nitrogens with zero attached hydrogens (tertiary/aromatic N) is 1. The number of nitrogens with one attached hydrogen (secondary N) is 1. The van der Waals surface area contributed by atoms with Crippen molar-refractivity contribution < 1.29 is 19.8 Å². The summed E-state index contributed by atoms with van der Waals surface area (Å²) in [5.41, 5.74) is 1.50. The van der Waals surface area contributed by atoms with Gasteiger partial charge in [0.2, 0.25) is 5.91 Å². The second kappa shape index (κ2) is 7.09. The van der Waals surface area contributed by atoms with Crippen molar-refractivity contribution in [2.75, 3.05) is 6.54 Å². The van der Waals surface area contributed by atoms with Crippen LogP contribution in [0.2, 0.25) is 5.02 Å². The average molecular weight is 373 g/mol. The Labute approximate surface area is 155 Å². The normalized spacial score (nSPS) is 15.4. The molecule has 1 heterocycles. The van der Waals surface area contributed by atoms with Crippen LogP contribution < -0.4 is 5.32 Å². The predicted octanol–water partition coefficient (Wildman–Crippen LogP) is 2.75. The van der Waals surface area contributed by atoms with Crippen LogP contribution in [0.1, 0.15) is 27.5 Å². The SMILES string of the molecule is C=CCNC(=O)C1c2ccccc2CN1C(=O)c1cc(Cl)c(O)cc1O. The first-order chi connectivity index (χ1) is 12.4. The second-order valence-electron chi connectivity index (χ2n) is 5.89. The van der Waals surface area contributed by atoms with Crippen molar-refractivity contribution >= 4 is 23.4 Å². The molecule has 0 aliphatic carbocycles. The van der Waals surface area contributed by atoms with Gasteiger partial charge in [0.05, 0.1) is 10.6 Å². The molecule has 0 fully saturated rings. The lowest BCUT2D eigenvalue weighted by Gasteiger charge is -2.25. The maximum absolute atomic E-state index is 13.0. The van der Waals surface area contributed by atoms with Crippen LogP contribution >= 0.6 is 11.6 Å². The highest BCUT2D eigenvalue weighted by Crippen LogP contribution is 2.38. The topological polar surface area (TPSA) is 89.9 Å². The number of aromatic hydroxyl groups is 2. The smallest absolute Gasteiger partial charge is 0.258 e. The van der Waals surface area contributed by atoms with Crippen molar-refractivity contribution in [2.24, 2.45) is 0 Å². The number of carbonyl (C=O) groups excluding carboxylic acids is 2. The van der Waals surface area contributed by atoms with E-state index in [0.717, 1.165) is 17.2 Å². The zero-order chi connectivity index (χ0) is 18.8. The van der Waals surface area contributed by atoms with E-state index in [0.29, 0.717) is 0 Å². The fourth-order valence-electron chi connectivity index (χ4n) is 3.01. The summed E-state index contributed by atoms with van der Waals surface area (Å²) >= 11 is 5.87. The minimum Gasteiger partial charge on any atom is -0.507 e. The van der Waals surface area contributed by atoms with E-state index in [1.165, 1.54) is 11.0 Å². The number of rotatable bonds is 4. The molecule has 3 rings (SSSR count). The Morgan fingerprint density at radius 3 is 2.73 bits per heavy atom. The van der Waals surface area contributed by atoms with Crippen LogP contribution in [0, 0.1) is 0 Å². The predicted molar refractivity (Wildman–Crippen MR) is 97.0 cm³/mol. The van der Waals surface area contributed by atoms with Crippen LogP contribution in [0.3, 0.4) is 0 Å². The molecule has 3 N–H and O–H groups in total. The van der Waals surface area contributed by atoms with E-state index in [4.69, 9.17) is 11.6 Å². The molecular formula is C19H17ClN2O4. The molecule has 134 valence electrons. The molecule has 1 atom stereocenters. The number of benzene rings is 2. The van der Waals surface area contributed by atoms with Gasteiger partial charge in [0.1, 0.15) is 17.5 Å². The van der Waals surface area contributed by atoms with Crippen LogP contribution in [0.25, 0.3) is 0 Å². The highest BCUT2D eigenvalue weighted by Gasteiger charge is 2.39. The summed E-state index contributed by atoms with van der Waals surface area (Å²) in [6, 6.07) is 8.65. The Balaban J connectivity index is 2.00. The largest absolute Gasteiger partial charge is 0.507 e. The second-order valence-corrected chi connectivity index (χ2v) is 6.30. The molecule has 2 aromatic carbocycles. The molecule has 0 saturated heterocycles. The van der Waals surface area contributed by atoms with Crippen LogP contribution in [-0.2, 0) is 11.3 Å². The van der Waals surface area contributed by atoms with Crippen LogP contribution in [0.5, 0.6) is 11.5 Å². The van der Waals surface area contributed by atoms with Gasteiger partial charge < -0.3 is 20.4 Å². The lowest BCUT2D eigenvalue weighted by atomic mass is 10.0. The summed E-state index contributed by atoms with van der Waals surface area (Å²) in [6.07, 6.45) is 1.55. The standard InChI is InChI=1S/C19H17ClN2O4/c1-2-7-21-18(25)17-12-6-4-3-5-11(12)10-22(17)19(26)13-8-14(20)16(24)9-15(13)23/h2-6,8-9,17,23-24H,1,7,10H2,(H,21,25). The first-order valence-electron chi connectivity index (χ1n) is 7.93. The van der Waals surface area contributed by atoms with Crippen molar-refractivity contribution in [3.05, 3.63) is 70.8 Å². The third-order valence-electron chi connectivity index (χ3n) is 4.23. The number of phenols is 2. The van der Waals surface area contributed by atoms with Gasteiger partial charge in [0.25, 0.3) is 5.91 Å². The van der Waals surface area contributed by atoms with E-state index in [-0.39, 0.29) is 35.3 Å². The van der Waals surface area contributed by atoms with E-state index < -0.39 is 17.7 Å². The van der Waals surface area contributed by atoms with Crippen molar-refractivity contribution in [1.82, 2.24) is 10.2 Å². The van der Waals surface area contributed by atoms with Crippen LogP contribution in [-0.4, -0.2) is 33.5 Å². The number of carbonyl (C=O) groups is 2. The number of halogens is 1. The van der Waals surface area contributed by atoms with Crippen molar-refractivity contribution in [1.29, 1.82) is 0 Å². The van der Waals surface area contributed by atoms with Gasteiger partial charge in [0.15, 0.2) is 0 Å². The summed E-state index contributed by atoms with van der Waals surface area (Å²) in [5, 5.41) is 22.3. The Bertz CT molecular complexity index is 897. The fraction of sp³-hybridized carbons (Fsp3) is 0.158. The molecule has 1 unspecified atom stereocenters. The van der Waals surface area contributed by atoms with Gasteiger partial charge in [-0.3, -0.25) is 9.59 Å². The quantitative estimate of drug-likeness (QED) is 0.720. The molecule has 0 radical (unpaired) electrons. The summed E-state index contributed by atoms with van der Waals surface area (Å²) in [4.78, 5) is 27.0. The molecule has 26 heavy (non-hydrogen) atoms. The van der Waals surface area contributed by atoms with Gasteiger partial charge >= 0.3 is 0 Å². The lowest BCUT2D eigenvalue weighted by Crippen LogP contribution is -2.40. The van der Waals surface area contributed by atoms with E-state index in [9.17, 15) is 19.8 Å². The number of fused-ring (bicyclic) bond motifs is 1. The number of phenolic OH excluding ortho intramolecular Hbond substituents is 2. The Hall–Kier alpha value is -2.99. The summed E-state index contributed by atoms with van der Waals surface area (Å²) in [6.45, 7) is 4.06. The highest BCUT2D eigenvalue weighted by molar-refractivity contribution is 6.32. The molecule has 6 nitrogen and oxygen atoms in total. The van der Waals surface area contributed by atoms with Gasteiger partial charge in [-0.2, -0.15) is 0 Å². The maximum Gasteiger partial charge on any atom is 0.258 e. The van der Waals surface area contributed by atoms with Gasteiger partial charge in [-0.15, -0.1) is 6.58 Å². The number of amides is 2. The Kier molecular flexibility index (Phi) is 4.86. The highest BCUT2D eigenvalue weighted by atomic mass is 35.5. The third kappa shape index (κ3) is 3.11. The lowest BCUT2D eigenvalue weighted by molar-refractivity contribution is -0.125. The molecule has 2 amide bonds. The molecule has 7 heteroatoms. The van der Waals surface area contributed by atoms with Crippen LogP contribution in [0.15, 0.2) is 49.1 Å². The van der Waals surface area contributed by atoms with E-state index in [1.807, 2.05) is 12.1 Å². The minimum absolute atomic E-state index is 0.0597. The molecule has 2 aromatic rings. The van der Waals surface area contributed by atoms with Crippen molar-refractivity contribution in [3.8, 4) is 11.5 Å². The summed E-state index contributed by atoms with van der Waals surface area (Å²) in [7, 11) is 0. The zero-order valence-electron chi connectivity index (χ0n) is 13.8. The zero-order valence-corrected chi connectivity index (χ0v) is 14.5. The first kappa shape index (κ1) is 17.8. The molecule has 0 saturated carbocycles. The number of hydrogen-bond donors (Lipinski definition) is 3. The van der Waals surface area contributed by atoms with Gasteiger partial charge in [-0.05, 0) is 17.2 Å². The summed E-state index contributed by atoms with van der Waals surface area (Å²) in [5.74, 6) is -1.63. The summed E-state index contributed by atoms with van der Waals surface area (Å²) < 4.78 is 0. The van der Waals surface area contributed by atoms with E-state index in [1.54, 1.807) is 18.2 Å². The maximum atomic E-state index is 13.0. The van der Waals surface area contributed by atoms with Crippen molar-refractivity contribution in [2.45, 2.75) is 12.6 Å². The third-order valence-corrected chi connectivity index (χ3v) is 4.53. The van der Waals surface area contributed by atoms with Gasteiger partial charge in [-0.25, -0.2) is 0 Å². The van der Waals surface area contributed by atoms with Gasteiger partial charge in [0, 0.05) is 19.2 Å². The van der Waals surface area contributed by atoms with Crippen molar-refractivity contribution in [3.63, 3.8) is 0 Å². The minimum atomic E-state index is -0.828. The molecular weight excluding hydrogens is 356 g/mol. The fourth-order valence-corrected chi connectivity index (χ4v) is 3.17. The average Bonchev–Trinajstić information content (AvgIpc) is 3.01. The van der Waals surface area contributed by atoms with Gasteiger partial charge in [-0.1, -0.05) is 41.9 Å². The Morgan fingerprint density at radius 2 is 2.00 bits per heavy atom. The molecule has 0 aromatic heterocycles. The van der Waals surface area contributed by atoms with E-state index in [2.05, 4.69) is 11.9 Å². The number of hydrogen-bond acceptors (Lipinski definition) is 4. The molecule has 1 aliphatic heterocycles. The molecule has 1 aliphatic rings. The molecule has 0 spiro atoms. The Morgan fingerprint density at radius 1 is 1.27 bits per heavy atom.